The summed E-state index contributed by atoms with van der Waals surface area (Å²) < 4.78 is 2.57. The Labute approximate surface area is 117 Å². The lowest BCUT2D eigenvalue weighted by Gasteiger charge is -2.36. The topological polar surface area (TPSA) is 29.9 Å². The van der Waals surface area contributed by atoms with Gasteiger partial charge in [-0.3, -0.25) is 0 Å². The van der Waals surface area contributed by atoms with E-state index in [9.17, 15) is 0 Å². The third-order valence-corrected chi connectivity index (χ3v) is 4.62. The van der Waals surface area contributed by atoms with E-state index in [4.69, 9.17) is 4.98 Å². The molecule has 3 heteroatoms. The van der Waals surface area contributed by atoms with Crippen LogP contribution in [0.15, 0.2) is 0 Å². The summed E-state index contributed by atoms with van der Waals surface area (Å²) in [6.07, 6.45) is 3.42. The van der Waals surface area contributed by atoms with Gasteiger partial charge in [0.15, 0.2) is 0 Å². The molecule has 108 valence electrons. The Morgan fingerprint density at radius 1 is 1.16 bits per heavy atom. The predicted octanol–water partition coefficient (Wildman–Crippen LogP) is 3.36. The highest BCUT2D eigenvalue weighted by Gasteiger charge is 2.34. The fourth-order valence-corrected chi connectivity index (χ4v) is 2.96. The lowest BCUT2D eigenvalue weighted by molar-refractivity contribution is 0.263. The van der Waals surface area contributed by atoms with Crippen LogP contribution in [0, 0.1) is 0 Å². The fraction of sp³-hybridized carbons (Fsp3) is 0.812. The van der Waals surface area contributed by atoms with E-state index in [-0.39, 0.29) is 11.0 Å². The van der Waals surface area contributed by atoms with Gasteiger partial charge in [-0.25, -0.2) is 4.98 Å². The van der Waals surface area contributed by atoms with E-state index in [0.29, 0.717) is 0 Å². The number of imidazole rings is 1. The van der Waals surface area contributed by atoms with Crippen LogP contribution in [0.1, 0.15) is 71.6 Å². The lowest BCUT2D eigenvalue weighted by Crippen LogP contribution is -2.36. The lowest BCUT2D eigenvalue weighted by atomic mass is 9.90. The Kier molecular flexibility index (Phi) is 3.78. The summed E-state index contributed by atoms with van der Waals surface area (Å²) >= 11 is 0. The second kappa shape index (κ2) is 4.93. The number of rotatable bonds is 3. The highest BCUT2D eigenvalue weighted by Crippen LogP contribution is 2.35. The first-order valence-corrected chi connectivity index (χ1v) is 7.65. The van der Waals surface area contributed by atoms with Crippen LogP contribution in [0.4, 0.5) is 0 Å². The number of hydrogen-bond acceptors (Lipinski definition) is 2. The summed E-state index contributed by atoms with van der Waals surface area (Å²) in [5.74, 6) is 1.26. The summed E-state index contributed by atoms with van der Waals surface area (Å²) in [6, 6.07) is 0. The standard InChI is InChI=1S/C16H29N3/c1-7-16(6,8-2)19-13-9-10-17-11-12(13)18-14(19)15(3,4)5/h17H,7-11H2,1-6H3. The molecule has 3 nitrogen and oxygen atoms in total. The maximum absolute atomic E-state index is 4.98. The van der Waals surface area contributed by atoms with Gasteiger partial charge in [0.05, 0.1) is 5.69 Å². The van der Waals surface area contributed by atoms with Crippen LogP contribution in [0.2, 0.25) is 0 Å². The molecule has 0 bridgehead atoms. The molecule has 0 aromatic carbocycles. The fourth-order valence-electron chi connectivity index (χ4n) is 2.96. The molecule has 2 rings (SSSR count). The molecular weight excluding hydrogens is 234 g/mol. The van der Waals surface area contributed by atoms with Gasteiger partial charge in [-0.2, -0.15) is 0 Å². The molecule has 2 heterocycles. The summed E-state index contributed by atoms with van der Waals surface area (Å²) in [7, 11) is 0. The van der Waals surface area contributed by atoms with E-state index in [0.717, 1.165) is 32.4 Å². The van der Waals surface area contributed by atoms with Crippen molar-refractivity contribution in [1.82, 2.24) is 14.9 Å². The van der Waals surface area contributed by atoms with Crippen LogP contribution in [0.5, 0.6) is 0 Å². The molecular formula is C16H29N3. The van der Waals surface area contributed by atoms with Gasteiger partial charge in [0.1, 0.15) is 5.82 Å². The number of fused-ring (bicyclic) bond motifs is 1. The smallest absolute Gasteiger partial charge is 0.115 e. The van der Waals surface area contributed by atoms with Gasteiger partial charge in [0, 0.05) is 36.2 Å². The number of hydrogen-bond donors (Lipinski definition) is 1. The van der Waals surface area contributed by atoms with Crippen molar-refractivity contribution in [3.63, 3.8) is 0 Å². The molecule has 1 aliphatic rings. The maximum atomic E-state index is 4.98. The van der Waals surface area contributed by atoms with Gasteiger partial charge >= 0.3 is 0 Å². The number of nitrogens with one attached hydrogen (secondary N) is 1. The Morgan fingerprint density at radius 3 is 2.32 bits per heavy atom. The van der Waals surface area contributed by atoms with Crippen LogP contribution in [-0.2, 0) is 23.9 Å². The normalized spacial score (nSPS) is 16.5. The molecule has 0 saturated carbocycles. The van der Waals surface area contributed by atoms with Crippen LogP contribution >= 0.6 is 0 Å². The molecule has 0 unspecified atom stereocenters. The van der Waals surface area contributed by atoms with Crippen molar-refractivity contribution in [2.24, 2.45) is 0 Å². The summed E-state index contributed by atoms with van der Waals surface area (Å²) in [5.41, 5.74) is 3.03. The first-order valence-electron chi connectivity index (χ1n) is 7.65. The third-order valence-electron chi connectivity index (χ3n) is 4.62. The van der Waals surface area contributed by atoms with Crippen LogP contribution in [-0.4, -0.2) is 16.1 Å². The summed E-state index contributed by atoms with van der Waals surface area (Å²) in [4.78, 5) is 4.98. The van der Waals surface area contributed by atoms with Gasteiger partial charge in [0.2, 0.25) is 0 Å². The second-order valence-electron chi connectivity index (χ2n) is 7.05. The molecule has 1 aliphatic heterocycles. The summed E-state index contributed by atoms with van der Waals surface area (Å²) in [5, 5.41) is 3.44. The van der Waals surface area contributed by atoms with Crippen molar-refractivity contribution in [3.8, 4) is 0 Å². The van der Waals surface area contributed by atoms with Crippen molar-refractivity contribution in [1.29, 1.82) is 0 Å². The zero-order valence-electron chi connectivity index (χ0n) is 13.4. The van der Waals surface area contributed by atoms with Crippen LogP contribution in [0.25, 0.3) is 0 Å². The van der Waals surface area contributed by atoms with E-state index >= 15 is 0 Å². The molecule has 1 aromatic rings. The molecule has 0 amide bonds. The molecule has 0 atom stereocenters. The molecule has 0 spiro atoms. The van der Waals surface area contributed by atoms with E-state index in [2.05, 4.69) is 51.4 Å². The van der Waals surface area contributed by atoms with Gasteiger partial charge in [-0.05, 0) is 19.8 Å². The first-order chi connectivity index (χ1) is 8.83. The average Bonchev–Trinajstić information content (AvgIpc) is 2.78. The van der Waals surface area contributed by atoms with E-state index in [1.54, 1.807) is 0 Å². The SMILES string of the molecule is CCC(C)(CC)n1c(C(C)(C)C)nc2c1CCNC2. The highest BCUT2D eigenvalue weighted by atomic mass is 15.2. The van der Waals surface area contributed by atoms with Crippen molar-refractivity contribution in [2.75, 3.05) is 6.54 Å². The van der Waals surface area contributed by atoms with E-state index in [1.807, 2.05) is 0 Å². The molecule has 1 aromatic heterocycles. The van der Waals surface area contributed by atoms with Crippen LogP contribution < -0.4 is 5.32 Å². The number of nitrogens with zero attached hydrogens (tertiary/aromatic N) is 2. The minimum absolute atomic E-state index is 0.100. The van der Waals surface area contributed by atoms with Crippen LogP contribution in [0.3, 0.4) is 0 Å². The molecule has 0 radical (unpaired) electrons. The van der Waals surface area contributed by atoms with E-state index in [1.165, 1.54) is 17.2 Å². The largest absolute Gasteiger partial charge is 0.325 e. The third kappa shape index (κ3) is 2.45. The average molecular weight is 263 g/mol. The van der Waals surface area contributed by atoms with Gasteiger partial charge in [-0.15, -0.1) is 0 Å². The highest BCUT2D eigenvalue weighted by molar-refractivity contribution is 5.25. The van der Waals surface area contributed by atoms with Crippen molar-refractivity contribution in [2.45, 2.75) is 78.3 Å². The van der Waals surface area contributed by atoms with Crippen molar-refractivity contribution < 1.29 is 0 Å². The Hall–Kier alpha value is -0.830. The summed E-state index contributed by atoms with van der Waals surface area (Å²) in [6.45, 7) is 15.8. The van der Waals surface area contributed by atoms with Crippen molar-refractivity contribution >= 4 is 0 Å². The quantitative estimate of drug-likeness (QED) is 0.906. The Morgan fingerprint density at radius 2 is 1.79 bits per heavy atom. The maximum Gasteiger partial charge on any atom is 0.115 e. The first kappa shape index (κ1) is 14.6. The molecule has 0 aliphatic carbocycles. The minimum atomic E-state index is 0.100. The Bertz CT molecular complexity index is 447. The predicted molar refractivity (Wildman–Crippen MR) is 80.6 cm³/mol. The Balaban J connectivity index is 2.65. The minimum Gasteiger partial charge on any atom is -0.325 e. The van der Waals surface area contributed by atoms with Gasteiger partial charge in [0.25, 0.3) is 0 Å². The molecule has 19 heavy (non-hydrogen) atoms. The van der Waals surface area contributed by atoms with Crippen molar-refractivity contribution in [3.05, 3.63) is 17.2 Å². The zero-order chi connectivity index (χ0) is 14.3. The molecule has 0 fully saturated rings. The molecule has 1 N–H and O–H groups in total. The zero-order valence-corrected chi connectivity index (χ0v) is 13.4. The monoisotopic (exact) mass is 263 g/mol. The second-order valence-corrected chi connectivity index (χ2v) is 7.05. The number of aromatic nitrogens is 2. The molecule has 0 saturated heterocycles. The van der Waals surface area contributed by atoms with E-state index < -0.39 is 0 Å². The van der Waals surface area contributed by atoms with Gasteiger partial charge < -0.3 is 9.88 Å². The van der Waals surface area contributed by atoms with Gasteiger partial charge in [-0.1, -0.05) is 34.6 Å².